The van der Waals surface area contributed by atoms with E-state index in [4.69, 9.17) is 4.42 Å². The molecule has 0 aliphatic rings. The van der Waals surface area contributed by atoms with Gasteiger partial charge in [-0.3, -0.25) is 0 Å². The minimum absolute atomic E-state index is 0.942. The molecule has 0 fully saturated rings. The van der Waals surface area contributed by atoms with Crippen molar-refractivity contribution < 1.29 is 4.42 Å². The molecule has 11 heavy (non-hydrogen) atoms. The average Bonchev–Trinajstić information content (AvgIpc) is 2.34. The molecular formula is C9H7BrO. The summed E-state index contributed by atoms with van der Waals surface area (Å²) in [6, 6.07) is 6.03. The first-order valence-electron chi connectivity index (χ1n) is 3.41. The lowest BCUT2D eigenvalue weighted by molar-refractivity contribution is 0.614. The van der Waals surface area contributed by atoms with Crippen LogP contribution >= 0.6 is 15.9 Å². The first-order valence-corrected chi connectivity index (χ1v) is 4.20. The van der Waals surface area contributed by atoms with Crippen LogP contribution < -0.4 is 0 Å². The number of hydrogen-bond acceptors (Lipinski definition) is 1. The van der Waals surface area contributed by atoms with Gasteiger partial charge in [-0.1, -0.05) is 12.1 Å². The van der Waals surface area contributed by atoms with E-state index < -0.39 is 0 Å². The molecule has 0 amide bonds. The minimum atomic E-state index is 0.942. The van der Waals surface area contributed by atoms with E-state index in [9.17, 15) is 0 Å². The number of fused-ring (bicyclic) bond motifs is 1. The maximum Gasteiger partial charge on any atom is 0.135 e. The summed E-state index contributed by atoms with van der Waals surface area (Å²) in [5.74, 6) is 0. The Morgan fingerprint density at radius 1 is 1.36 bits per heavy atom. The van der Waals surface area contributed by atoms with E-state index in [0.29, 0.717) is 0 Å². The van der Waals surface area contributed by atoms with Crippen LogP contribution in [0.15, 0.2) is 33.4 Å². The SMILES string of the molecule is Cc1cccc2occ(Br)c12. The van der Waals surface area contributed by atoms with Gasteiger partial charge in [-0.05, 0) is 34.5 Å². The third-order valence-electron chi connectivity index (χ3n) is 1.76. The number of benzene rings is 1. The number of aryl methyl sites for hydroxylation is 1. The molecule has 0 N–H and O–H groups in total. The van der Waals surface area contributed by atoms with Gasteiger partial charge in [0.05, 0.1) is 4.47 Å². The zero-order valence-corrected chi connectivity index (χ0v) is 7.68. The highest BCUT2D eigenvalue weighted by molar-refractivity contribution is 9.10. The molecule has 0 aliphatic heterocycles. The Labute approximate surface area is 73.1 Å². The van der Waals surface area contributed by atoms with E-state index in [0.717, 1.165) is 10.1 Å². The molecule has 0 bridgehead atoms. The van der Waals surface area contributed by atoms with Crippen LogP contribution in [0.4, 0.5) is 0 Å². The summed E-state index contributed by atoms with van der Waals surface area (Å²) < 4.78 is 6.32. The molecule has 0 radical (unpaired) electrons. The third-order valence-corrected chi connectivity index (χ3v) is 2.35. The van der Waals surface area contributed by atoms with E-state index in [1.165, 1.54) is 10.9 Å². The van der Waals surface area contributed by atoms with E-state index in [2.05, 4.69) is 28.9 Å². The third kappa shape index (κ3) is 0.979. The molecule has 2 heteroatoms. The van der Waals surface area contributed by atoms with Gasteiger partial charge in [-0.25, -0.2) is 0 Å². The molecule has 1 aromatic carbocycles. The van der Waals surface area contributed by atoms with Gasteiger partial charge >= 0.3 is 0 Å². The lowest BCUT2D eigenvalue weighted by atomic mass is 10.1. The Balaban J connectivity index is 2.96. The number of rotatable bonds is 0. The van der Waals surface area contributed by atoms with E-state index >= 15 is 0 Å². The highest BCUT2D eigenvalue weighted by Crippen LogP contribution is 2.28. The van der Waals surface area contributed by atoms with Crippen molar-refractivity contribution in [3.63, 3.8) is 0 Å². The monoisotopic (exact) mass is 210 g/mol. The van der Waals surface area contributed by atoms with Crippen LogP contribution in [-0.4, -0.2) is 0 Å². The van der Waals surface area contributed by atoms with Crippen LogP contribution in [-0.2, 0) is 0 Å². The van der Waals surface area contributed by atoms with Crippen molar-refractivity contribution in [1.29, 1.82) is 0 Å². The fourth-order valence-corrected chi connectivity index (χ4v) is 1.82. The number of halogens is 1. The molecule has 0 atom stereocenters. The van der Waals surface area contributed by atoms with Crippen LogP contribution in [0.25, 0.3) is 11.0 Å². The molecule has 0 aliphatic carbocycles. The fourth-order valence-electron chi connectivity index (χ4n) is 1.22. The summed E-state index contributed by atoms with van der Waals surface area (Å²) in [6.45, 7) is 2.07. The Kier molecular flexibility index (Phi) is 1.50. The quantitative estimate of drug-likeness (QED) is 0.649. The number of hydrogen-bond donors (Lipinski definition) is 0. The van der Waals surface area contributed by atoms with Crippen LogP contribution in [0.3, 0.4) is 0 Å². The van der Waals surface area contributed by atoms with E-state index in [1.54, 1.807) is 6.26 Å². The highest BCUT2D eigenvalue weighted by atomic mass is 79.9. The van der Waals surface area contributed by atoms with Crippen molar-refractivity contribution in [1.82, 2.24) is 0 Å². The normalized spacial score (nSPS) is 10.7. The summed E-state index contributed by atoms with van der Waals surface area (Å²) in [5, 5.41) is 1.17. The largest absolute Gasteiger partial charge is 0.463 e. The van der Waals surface area contributed by atoms with Gasteiger partial charge in [-0.15, -0.1) is 0 Å². The van der Waals surface area contributed by atoms with Crippen LogP contribution in [0.1, 0.15) is 5.56 Å². The first-order chi connectivity index (χ1) is 5.29. The Morgan fingerprint density at radius 3 is 2.91 bits per heavy atom. The molecule has 56 valence electrons. The standard InChI is InChI=1S/C9H7BrO/c1-6-3-2-4-8-9(6)7(10)5-11-8/h2-5H,1H3. The van der Waals surface area contributed by atoms with Crippen molar-refractivity contribution in [3.8, 4) is 0 Å². The molecule has 1 heterocycles. The molecular weight excluding hydrogens is 204 g/mol. The molecule has 2 rings (SSSR count). The molecule has 1 nitrogen and oxygen atoms in total. The zero-order valence-electron chi connectivity index (χ0n) is 6.10. The highest BCUT2D eigenvalue weighted by Gasteiger charge is 2.03. The number of furan rings is 1. The van der Waals surface area contributed by atoms with Crippen LogP contribution in [0.5, 0.6) is 0 Å². The van der Waals surface area contributed by atoms with Crippen molar-refractivity contribution in [3.05, 3.63) is 34.5 Å². The predicted molar refractivity (Wildman–Crippen MR) is 48.7 cm³/mol. The van der Waals surface area contributed by atoms with Gasteiger partial charge in [0.1, 0.15) is 11.8 Å². The van der Waals surface area contributed by atoms with E-state index in [-0.39, 0.29) is 0 Å². The summed E-state index contributed by atoms with van der Waals surface area (Å²) in [7, 11) is 0. The molecule has 2 aromatic rings. The van der Waals surface area contributed by atoms with Crippen LogP contribution in [0, 0.1) is 6.92 Å². The lowest BCUT2D eigenvalue weighted by Crippen LogP contribution is -1.71. The molecule has 1 aromatic heterocycles. The van der Waals surface area contributed by atoms with Crippen molar-refractivity contribution in [2.45, 2.75) is 6.92 Å². The topological polar surface area (TPSA) is 13.1 Å². The van der Waals surface area contributed by atoms with Gasteiger partial charge in [0.25, 0.3) is 0 Å². The van der Waals surface area contributed by atoms with Crippen molar-refractivity contribution in [2.75, 3.05) is 0 Å². The molecule has 0 unspecified atom stereocenters. The molecule has 0 saturated carbocycles. The van der Waals surface area contributed by atoms with Gasteiger partial charge in [0.15, 0.2) is 0 Å². The summed E-state index contributed by atoms with van der Waals surface area (Å²) in [5.41, 5.74) is 2.18. The van der Waals surface area contributed by atoms with Gasteiger partial charge in [-0.2, -0.15) is 0 Å². The smallest absolute Gasteiger partial charge is 0.135 e. The maximum absolute atomic E-state index is 5.28. The fraction of sp³-hybridized carbons (Fsp3) is 0.111. The first kappa shape index (κ1) is 6.92. The Hall–Kier alpha value is -0.760. The molecule has 0 spiro atoms. The Bertz CT molecular complexity index is 389. The predicted octanol–water partition coefficient (Wildman–Crippen LogP) is 3.50. The van der Waals surface area contributed by atoms with Gasteiger partial charge in [0.2, 0.25) is 0 Å². The Morgan fingerprint density at radius 2 is 2.18 bits per heavy atom. The maximum atomic E-state index is 5.28. The van der Waals surface area contributed by atoms with Gasteiger partial charge < -0.3 is 4.42 Å². The lowest BCUT2D eigenvalue weighted by Gasteiger charge is -1.92. The second kappa shape index (κ2) is 2.38. The second-order valence-corrected chi connectivity index (χ2v) is 3.39. The van der Waals surface area contributed by atoms with Gasteiger partial charge in [0, 0.05) is 5.39 Å². The zero-order chi connectivity index (χ0) is 7.84. The van der Waals surface area contributed by atoms with Crippen molar-refractivity contribution >= 4 is 26.9 Å². The minimum Gasteiger partial charge on any atom is -0.463 e. The second-order valence-electron chi connectivity index (χ2n) is 2.53. The molecule has 0 saturated heterocycles. The van der Waals surface area contributed by atoms with Crippen molar-refractivity contribution in [2.24, 2.45) is 0 Å². The van der Waals surface area contributed by atoms with E-state index in [1.807, 2.05) is 12.1 Å². The van der Waals surface area contributed by atoms with Crippen LogP contribution in [0.2, 0.25) is 0 Å². The summed E-state index contributed by atoms with van der Waals surface area (Å²) in [6.07, 6.45) is 1.72. The summed E-state index contributed by atoms with van der Waals surface area (Å²) in [4.78, 5) is 0. The average molecular weight is 211 g/mol. The summed E-state index contributed by atoms with van der Waals surface area (Å²) >= 11 is 3.42.